The molecule has 150 valence electrons. The van der Waals surface area contributed by atoms with Crippen LogP contribution in [0.5, 0.6) is 0 Å². The molecule has 0 spiro atoms. The number of aryl methyl sites for hydroxylation is 1. The molecule has 7 nitrogen and oxygen atoms in total. The van der Waals surface area contributed by atoms with E-state index in [-0.39, 0.29) is 24.0 Å². The molecule has 2 heterocycles. The minimum atomic E-state index is 0. The quantitative estimate of drug-likeness (QED) is 0.258. The molecule has 1 aliphatic rings. The van der Waals surface area contributed by atoms with Gasteiger partial charge in [0.15, 0.2) is 11.8 Å². The van der Waals surface area contributed by atoms with E-state index in [1.54, 1.807) is 0 Å². The van der Waals surface area contributed by atoms with Crippen molar-refractivity contribution in [2.24, 2.45) is 12.0 Å². The molecule has 1 N–H and O–H groups in total. The van der Waals surface area contributed by atoms with Crippen molar-refractivity contribution in [1.29, 1.82) is 0 Å². The Kier molecular flexibility index (Phi) is 11.5. The number of nitrogens with zero attached hydrogens (tertiary/aromatic N) is 5. The third-order valence-corrected chi connectivity index (χ3v) is 5.77. The van der Waals surface area contributed by atoms with Crippen LogP contribution in [-0.2, 0) is 18.3 Å². The van der Waals surface area contributed by atoms with Crippen LogP contribution in [0.2, 0.25) is 0 Å². The van der Waals surface area contributed by atoms with Crippen molar-refractivity contribution in [3.8, 4) is 0 Å². The fraction of sp³-hybridized carbons (Fsp3) is 0.824. The van der Waals surface area contributed by atoms with Crippen LogP contribution in [0.1, 0.15) is 38.3 Å². The molecule has 0 aliphatic carbocycles. The number of thioether (sulfide) groups is 1. The SMILES string of the molecule is CCOCCCNC(=NCc1nnc(C)n1C)N1CCSC(CC)C1.I. The molecule has 0 saturated carbocycles. The van der Waals surface area contributed by atoms with E-state index >= 15 is 0 Å². The fourth-order valence-electron chi connectivity index (χ4n) is 2.68. The van der Waals surface area contributed by atoms with Crippen LogP contribution in [0.4, 0.5) is 0 Å². The molecular formula is C17H33IN6OS. The van der Waals surface area contributed by atoms with Crippen LogP contribution in [-0.4, -0.2) is 69.5 Å². The molecule has 0 amide bonds. The summed E-state index contributed by atoms with van der Waals surface area (Å²) in [6.07, 6.45) is 2.18. The van der Waals surface area contributed by atoms with E-state index in [1.807, 2.05) is 25.5 Å². The van der Waals surface area contributed by atoms with Crippen LogP contribution in [0, 0.1) is 6.92 Å². The second-order valence-electron chi connectivity index (χ2n) is 6.19. The van der Waals surface area contributed by atoms with Gasteiger partial charge in [-0.15, -0.1) is 34.2 Å². The van der Waals surface area contributed by atoms with Crippen LogP contribution in [0.3, 0.4) is 0 Å². The number of hydrogen-bond acceptors (Lipinski definition) is 5. The Labute approximate surface area is 178 Å². The number of aromatic nitrogens is 3. The number of hydrogen-bond donors (Lipinski definition) is 1. The van der Waals surface area contributed by atoms with Crippen LogP contribution >= 0.6 is 35.7 Å². The summed E-state index contributed by atoms with van der Waals surface area (Å²) in [5, 5.41) is 12.5. The molecule has 0 bridgehead atoms. The van der Waals surface area contributed by atoms with Crippen molar-refractivity contribution in [2.45, 2.75) is 45.4 Å². The Hall–Kier alpha value is -0.550. The van der Waals surface area contributed by atoms with Crippen molar-refractivity contribution < 1.29 is 4.74 Å². The van der Waals surface area contributed by atoms with Gasteiger partial charge in [-0.05, 0) is 26.7 Å². The highest BCUT2D eigenvalue weighted by Gasteiger charge is 2.21. The number of halogens is 1. The molecule has 1 unspecified atom stereocenters. The van der Waals surface area contributed by atoms with Gasteiger partial charge < -0.3 is 19.5 Å². The summed E-state index contributed by atoms with van der Waals surface area (Å²) in [4.78, 5) is 7.22. The summed E-state index contributed by atoms with van der Waals surface area (Å²) in [7, 11) is 1.99. The van der Waals surface area contributed by atoms with Gasteiger partial charge in [0.1, 0.15) is 12.4 Å². The Balaban J connectivity index is 0.00000338. The second-order valence-corrected chi connectivity index (χ2v) is 7.59. The molecule has 2 rings (SSSR count). The Morgan fingerprint density at radius 2 is 2.19 bits per heavy atom. The highest BCUT2D eigenvalue weighted by atomic mass is 127. The molecule has 0 radical (unpaired) electrons. The van der Waals surface area contributed by atoms with E-state index in [0.29, 0.717) is 11.8 Å². The van der Waals surface area contributed by atoms with E-state index in [0.717, 1.165) is 62.6 Å². The van der Waals surface area contributed by atoms with Crippen LogP contribution in [0.15, 0.2) is 4.99 Å². The lowest BCUT2D eigenvalue weighted by Gasteiger charge is -2.34. The fourth-order valence-corrected chi connectivity index (χ4v) is 3.86. The summed E-state index contributed by atoms with van der Waals surface area (Å²) >= 11 is 2.07. The molecule has 9 heteroatoms. The lowest BCUT2D eigenvalue weighted by atomic mass is 10.3. The van der Waals surface area contributed by atoms with Crippen molar-refractivity contribution in [3.63, 3.8) is 0 Å². The van der Waals surface area contributed by atoms with Crippen molar-refractivity contribution in [3.05, 3.63) is 11.6 Å². The molecule has 1 aromatic heterocycles. The largest absolute Gasteiger partial charge is 0.382 e. The first-order valence-electron chi connectivity index (χ1n) is 9.23. The summed E-state index contributed by atoms with van der Waals surface area (Å²) in [5.74, 6) is 3.94. The highest BCUT2D eigenvalue weighted by Crippen LogP contribution is 2.21. The van der Waals surface area contributed by atoms with Crippen LogP contribution in [0.25, 0.3) is 0 Å². The van der Waals surface area contributed by atoms with E-state index in [1.165, 1.54) is 6.42 Å². The topological polar surface area (TPSA) is 67.6 Å². The molecule has 26 heavy (non-hydrogen) atoms. The average Bonchev–Trinajstić information content (AvgIpc) is 2.96. The first-order valence-corrected chi connectivity index (χ1v) is 10.3. The predicted molar refractivity (Wildman–Crippen MR) is 120 cm³/mol. The maximum Gasteiger partial charge on any atom is 0.194 e. The second kappa shape index (κ2) is 12.8. The van der Waals surface area contributed by atoms with Gasteiger partial charge in [0.05, 0.1) is 0 Å². The molecule has 0 aromatic carbocycles. The van der Waals surface area contributed by atoms with Crippen molar-refractivity contribution >= 4 is 41.7 Å². The van der Waals surface area contributed by atoms with Gasteiger partial charge in [0.2, 0.25) is 0 Å². The summed E-state index contributed by atoms with van der Waals surface area (Å²) < 4.78 is 7.42. The Morgan fingerprint density at radius 3 is 2.85 bits per heavy atom. The Morgan fingerprint density at radius 1 is 1.38 bits per heavy atom. The van der Waals surface area contributed by atoms with Gasteiger partial charge in [0, 0.05) is 50.9 Å². The summed E-state index contributed by atoms with van der Waals surface area (Å²) in [6.45, 7) is 11.3. The van der Waals surface area contributed by atoms with Gasteiger partial charge in [-0.3, -0.25) is 0 Å². The minimum absolute atomic E-state index is 0. The number of rotatable bonds is 8. The maximum absolute atomic E-state index is 5.42. The first kappa shape index (κ1) is 23.5. The molecule has 1 aromatic rings. The zero-order valence-electron chi connectivity index (χ0n) is 16.4. The van der Waals surface area contributed by atoms with Crippen molar-refractivity contribution in [2.75, 3.05) is 38.6 Å². The average molecular weight is 496 g/mol. The third kappa shape index (κ3) is 7.22. The normalized spacial score (nSPS) is 17.9. The van der Waals surface area contributed by atoms with Crippen molar-refractivity contribution in [1.82, 2.24) is 25.0 Å². The molecule has 1 fully saturated rings. The van der Waals surface area contributed by atoms with Gasteiger partial charge in [0.25, 0.3) is 0 Å². The first-order chi connectivity index (χ1) is 12.2. The number of aliphatic imine (C=N–C) groups is 1. The predicted octanol–water partition coefficient (Wildman–Crippen LogP) is 2.44. The molecule has 1 atom stereocenters. The standard InChI is InChI=1S/C17H32N6OS.HI/c1-5-15-13-23(9-11-25-15)17(18-8-7-10-24-6-2)19-12-16-21-20-14(3)22(16)4;/h15H,5-13H2,1-4H3,(H,18,19);1H. The van der Waals surface area contributed by atoms with Gasteiger partial charge in [-0.2, -0.15) is 11.8 Å². The van der Waals surface area contributed by atoms with E-state index in [9.17, 15) is 0 Å². The lowest BCUT2D eigenvalue weighted by molar-refractivity contribution is 0.145. The molecule has 1 aliphatic heterocycles. The molecular weight excluding hydrogens is 463 g/mol. The van der Waals surface area contributed by atoms with Crippen LogP contribution < -0.4 is 5.32 Å². The summed E-state index contributed by atoms with van der Waals surface area (Å²) in [5.41, 5.74) is 0. The van der Waals surface area contributed by atoms with E-state index < -0.39 is 0 Å². The highest BCUT2D eigenvalue weighted by molar-refractivity contribution is 14.0. The monoisotopic (exact) mass is 496 g/mol. The van der Waals surface area contributed by atoms with Gasteiger partial charge >= 0.3 is 0 Å². The zero-order chi connectivity index (χ0) is 18.1. The summed E-state index contributed by atoms with van der Waals surface area (Å²) in [6, 6.07) is 0. The van der Waals surface area contributed by atoms with Gasteiger partial charge in [-0.25, -0.2) is 4.99 Å². The maximum atomic E-state index is 5.42. The molecule has 1 saturated heterocycles. The number of nitrogens with one attached hydrogen (secondary N) is 1. The lowest BCUT2D eigenvalue weighted by Crippen LogP contribution is -2.48. The van der Waals surface area contributed by atoms with E-state index in [2.05, 4.69) is 39.1 Å². The number of ether oxygens (including phenoxy) is 1. The Bertz CT molecular complexity index is 553. The van der Waals surface area contributed by atoms with E-state index in [4.69, 9.17) is 9.73 Å². The minimum Gasteiger partial charge on any atom is -0.382 e. The smallest absolute Gasteiger partial charge is 0.194 e. The third-order valence-electron chi connectivity index (χ3n) is 4.40. The van der Waals surface area contributed by atoms with Gasteiger partial charge in [-0.1, -0.05) is 6.92 Å². The number of guanidine groups is 1. The zero-order valence-corrected chi connectivity index (χ0v) is 19.5.